The molecule has 0 aliphatic rings. The third-order valence-corrected chi connectivity index (χ3v) is 4.46. The molecule has 2 N–H and O–H groups in total. The van der Waals surface area contributed by atoms with E-state index >= 15 is 0 Å². The molecular formula is C24H32N4O6. The van der Waals surface area contributed by atoms with Crippen molar-refractivity contribution in [2.75, 3.05) is 19.0 Å². The Morgan fingerprint density at radius 1 is 1.12 bits per heavy atom. The van der Waals surface area contributed by atoms with Crippen LogP contribution in [0.5, 0.6) is 0 Å². The lowest BCUT2D eigenvalue weighted by molar-refractivity contribution is -0.154. The van der Waals surface area contributed by atoms with E-state index in [-0.39, 0.29) is 31.8 Å². The molecule has 0 bridgehead atoms. The average molecular weight is 473 g/mol. The van der Waals surface area contributed by atoms with E-state index in [4.69, 9.17) is 9.47 Å². The van der Waals surface area contributed by atoms with Crippen molar-refractivity contribution in [3.63, 3.8) is 0 Å². The first-order valence-electron chi connectivity index (χ1n) is 10.9. The summed E-state index contributed by atoms with van der Waals surface area (Å²) in [6.45, 7) is 5.38. The molecule has 0 radical (unpaired) electrons. The highest BCUT2D eigenvalue weighted by molar-refractivity contribution is 5.80. The molecule has 1 atom stereocenters. The number of carbonyl (C=O) groups is 3. The summed E-state index contributed by atoms with van der Waals surface area (Å²) in [5.41, 5.74) is 0.601. The van der Waals surface area contributed by atoms with Gasteiger partial charge in [-0.1, -0.05) is 30.3 Å². The fourth-order valence-electron chi connectivity index (χ4n) is 2.90. The number of carboxylic acids is 1. The number of amides is 1. The van der Waals surface area contributed by atoms with Gasteiger partial charge in [0.1, 0.15) is 29.9 Å². The van der Waals surface area contributed by atoms with Gasteiger partial charge >= 0.3 is 18.0 Å². The number of anilines is 1. The predicted molar refractivity (Wildman–Crippen MR) is 125 cm³/mol. The topological polar surface area (TPSA) is 131 Å². The minimum Gasteiger partial charge on any atom is -0.480 e. The standard InChI is InChI=1S/C24H32N4O6/c1-24(2,3)34-21(29)12-11-19-25-17(14-20(27-19)28(4)5)13-18(22(30)31)26-23(32)33-15-16-9-7-6-8-10-16/h6-10,14,18H,11-13,15H2,1-5H3,(H,26,32)(H,30,31). The molecule has 0 saturated carbocycles. The van der Waals surface area contributed by atoms with Crippen LogP contribution in [0.4, 0.5) is 10.6 Å². The van der Waals surface area contributed by atoms with Gasteiger partial charge in [-0.25, -0.2) is 19.6 Å². The van der Waals surface area contributed by atoms with E-state index in [1.54, 1.807) is 58.0 Å². The van der Waals surface area contributed by atoms with Crippen molar-refractivity contribution in [3.05, 3.63) is 53.5 Å². The number of benzene rings is 1. The highest BCUT2D eigenvalue weighted by atomic mass is 16.6. The molecule has 34 heavy (non-hydrogen) atoms. The van der Waals surface area contributed by atoms with Gasteiger partial charge < -0.3 is 24.8 Å². The second-order valence-corrected chi connectivity index (χ2v) is 8.92. The van der Waals surface area contributed by atoms with Gasteiger partial charge in [0.25, 0.3) is 0 Å². The first kappa shape index (κ1) is 26.6. The number of rotatable bonds is 10. The average Bonchev–Trinajstić information content (AvgIpc) is 2.75. The van der Waals surface area contributed by atoms with Crippen molar-refractivity contribution < 1.29 is 29.0 Å². The third kappa shape index (κ3) is 9.43. The molecule has 0 aliphatic heterocycles. The van der Waals surface area contributed by atoms with Crippen LogP contribution in [0.3, 0.4) is 0 Å². The molecule has 2 aromatic rings. The number of carbonyl (C=O) groups excluding carboxylic acids is 2. The highest BCUT2D eigenvalue weighted by Crippen LogP contribution is 2.15. The minimum atomic E-state index is -1.26. The second kappa shape index (κ2) is 12.0. The van der Waals surface area contributed by atoms with Crippen LogP contribution in [0.1, 0.15) is 44.3 Å². The lowest BCUT2D eigenvalue weighted by atomic mass is 10.1. The van der Waals surface area contributed by atoms with Crippen molar-refractivity contribution >= 4 is 23.8 Å². The highest BCUT2D eigenvalue weighted by Gasteiger charge is 2.23. The summed E-state index contributed by atoms with van der Waals surface area (Å²) in [5.74, 6) is -0.668. The molecule has 1 unspecified atom stereocenters. The Kier molecular flexibility index (Phi) is 9.35. The summed E-state index contributed by atoms with van der Waals surface area (Å²) in [5, 5.41) is 12.0. The van der Waals surface area contributed by atoms with E-state index in [1.807, 2.05) is 18.2 Å². The van der Waals surface area contributed by atoms with Crippen LogP contribution in [-0.2, 0) is 38.5 Å². The maximum Gasteiger partial charge on any atom is 0.408 e. The number of ether oxygens (including phenoxy) is 2. The summed E-state index contributed by atoms with van der Waals surface area (Å²) < 4.78 is 10.4. The molecule has 10 nitrogen and oxygen atoms in total. The Bertz CT molecular complexity index is 989. The Morgan fingerprint density at radius 2 is 1.79 bits per heavy atom. The molecule has 1 aromatic heterocycles. The van der Waals surface area contributed by atoms with E-state index in [2.05, 4.69) is 15.3 Å². The SMILES string of the molecule is CN(C)c1cc(CC(NC(=O)OCc2ccccc2)C(=O)O)nc(CCC(=O)OC(C)(C)C)n1. The molecule has 0 aliphatic carbocycles. The fraction of sp³-hybridized carbons (Fsp3) is 0.458. The lowest BCUT2D eigenvalue weighted by Crippen LogP contribution is -2.42. The van der Waals surface area contributed by atoms with Gasteiger partial charge in [0.2, 0.25) is 0 Å². The van der Waals surface area contributed by atoms with Gasteiger partial charge in [0.15, 0.2) is 0 Å². The van der Waals surface area contributed by atoms with Crippen LogP contribution in [0.25, 0.3) is 0 Å². The number of esters is 1. The summed E-state index contributed by atoms with van der Waals surface area (Å²) in [6, 6.07) is 9.45. The zero-order valence-corrected chi connectivity index (χ0v) is 20.2. The zero-order chi connectivity index (χ0) is 25.3. The number of nitrogens with one attached hydrogen (secondary N) is 1. The summed E-state index contributed by atoms with van der Waals surface area (Å²) >= 11 is 0. The van der Waals surface area contributed by atoms with Crippen LogP contribution in [0.15, 0.2) is 36.4 Å². The summed E-state index contributed by atoms with van der Waals surface area (Å²) in [4.78, 5) is 46.6. The maximum atomic E-state index is 12.2. The minimum absolute atomic E-state index is 0.0200. The molecule has 184 valence electrons. The van der Waals surface area contributed by atoms with E-state index < -0.39 is 23.7 Å². The molecule has 0 fully saturated rings. The van der Waals surface area contributed by atoms with Crippen molar-refractivity contribution in [3.8, 4) is 0 Å². The molecular weight excluding hydrogens is 440 g/mol. The summed E-state index contributed by atoms with van der Waals surface area (Å²) in [6.07, 6.45) is -0.616. The Morgan fingerprint density at radius 3 is 2.38 bits per heavy atom. The molecule has 1 aromatic carbocycles. The number of aromatic nitrogens is 2. The van der Waals surface area contributed by atoms with Gasteiger partial charge in [-0.15, -0.1) is 0 Å². The van der Waals surface area contributed by atoms with E-state index in [9.17, 15) is 19.5 Å². The predicted octanol–water partition coefficient (Wildman–Crippen LogP) is 2.74. The maximum absolute atomic E-state index is 12.2. The van der Waals surface area contributed by atoms with Gasteiger partial charge in [-0.2, -0.15) is 0 Å². The van der Waals surface area contributed by atoms with Crippen molar-refractivity contribution in [2.24, 2.45) is 0 Å². The van der Waals surface area contributed by atoms with Crippen molar-refractivity contribution in [1.29, 1.82) is 0 Å². The molecule has 1 amide bonds. The number of nitrogens with zero attached hydrogens (tertiary/aromatic N) is 3. The van der Waals surface area contributed by atoms with Gasteiger partial charge in [-0.05, 0) is 26.3 Å². The van der Waals surface area contributed by atoms with Crippen LogP contribution in [-0.4, -0.2) is 58.8 Å². The number of aliphatic carboxylic acids is 1. The Balaban J connectivity index is 2.07. The van der Waals surface area contributed by atoms with Crippen LogP contribution < -0.4 is 10.2 Å². The number of hydrogen-bond acceptors (Lipinski definition) is 8. The molecule has 0 saturated heterocycles. The Hall–Kier alpha value is -3.69. The van der Waals surface area contributed by atoms with Crippen molar-refractivity contribution in [1.82, 2.24) is 15.3 Å². The monoisotopic (exact) mass is 472 g/mol. The lowest BCUT2D eigenvalue weighted by Gasteiger charge is -2.20. The summed E-state index contributed by atoms with van der Waals surface area (Å²) in [7, 11) is 3.58. The van der Waals surface area contributed by atoms with E-state index in [1.165, 1.54) is 0 Å². The number of alkyl carbamates (subject to hydrolysis) is 1. The van der Waals surface area contributed by atoms with Crippen molar-refractivity contribution in [2.45, 2.75) is 58.3 Å². The first-order valence-corrected chi connectivity index (χ1v) is 10.9. The fourth-order valence-corrected chi connectivity index (χ4v) is 2.90. The third-order valence-electron chi connectivity index (χ3n) is 4.46. The normalized spacial score (nSPS) is 11.9. The van der Waals surface area contributed by atoms with Crippen LogP contribution >= 0.6 is 0 Å². The molecule has 2 rings (SSSR count). The number of hydrogen-bond donors (Lipinski definition) is 2. The Labute approximate surface area is 199 Å². The first-order chi connectivity index (χ1) is 15.9. The molecule has 10 heteroatoms. The van der Waals surface area contributed by atoms with E-state index in [0.717, 1.165) is 5.56 Å². The number of carboxylic acid groups (broad SMARTS) is 1. The molecule has 1 heterocycles. The largest absolute Gasteiger partial charge is 0.480 e. The quantitative estimate of drug-likeness (QED) is 0.501. The zero-order valence-electron chi connectivity index (χ0n) is 20.2. The van der Waals surface area contributed by atoms with E-state index in [0.29, 0.717) is 17.3 Å². The van der Waals surface area contributed by atoms with Crippen LogP contribution in [0, 0.1) is 0 Å². The molecule has 0 spiro atoms. The smallest absolute Gasteiger partial charge is 0.408 e. The van der Waals surface area contributed by atoms with Gasteiger partial charge in [0.05, 0.1) is 6.42 Å². The number of aryl methyl sites for hydroxylation is 1. The van der Waals surface area contributed by atoms with Gasteiger partial charge in [0, 0.05) is 38.7 Å². The second-order valence-electron chi connectivity index (χ2n) is 8.92. The van der Waals surface area contributed by atoms with Gasteiger partial charge in [-0.3, -0.25) is 4.79 Å². The van der Waals surface area contributed by atoms with Crippen LogP contribution in [0.2, 0.25) is 0 Å².